The molecule has 0 aliphatic carbocycles. The van der Waals surface area contributed by atoms with E-state index in [1.165, 1.54) is 0 Å². The number of aromatic nitrogens is 2. The molecule has 1 unspecified atom stereocenters. The van der Waals surface area contributed by atoms with Crippen LogP contribution in [-0.4, -0.2) is 70.3 Å². The number of carbonyl (C=O) groups excluding carboxylic acids is 2. The smallest absolute Gasteiger partial charge is 0.274 e. The van der Waals surface area contributed by atoms with Crippen LogP contribution in [0.1, 0.15) is 23.3 Å². The highest BCUT2D eigenvalue weighted by atomic mass is 35.5. The number of fused-ring (bicyclic) bond motifs is 1. The van der Waals surface area contributed by atoms with Crippen LogP contribution >= 0.6 is 24.8 Å². The molecule has 4 rings (SSSR count). The van der Waals surface area contributed by atoms with Gasteiger partial charge in [-0.15, -0.1) is 24.8 Å². The Morgan fingerprint density at radius 1 is 1.15 bits per heavy atom. The zero-order chi connectivity index (χ0) is 17.2. The monoisotopic (exact) mass is 411 g/mol. The Bertz CT molecular complexity index is 819. The molecule has 2 aliphatic rings. The molecular formula is C18H23Cl2N5O2. The summed E-state index contributed by atoms with van der Waals surface area (Å²) in [4.78, 5) is 37.5. The summed E-state index contributed by atoms with van der Waals surface area (Å²) < 4.78 is 0. The number of nitrogens with one attached hydrogen (secondary N) is 1. The Kier molecular flexibility index (Phi) is 7.35. The van der Waals surface area contributed by atoms with Crippen LogP contribution in [0.4, 0.5) is 0 Å². The molecule has 1 aromatic heterocycles. The van der Waals surface area contributed by atoms with Crippen molar-refractivity contribution in [2.45, 2.75) is 18.9 Å². The van der Waals surface area contributed by atoms with E-state index in [2.05, 4.69) is 15.3 Å². The first kappa shape index (κ1) is 21.3. The zero-order valence-corrected chi connectivity index (χ0v) is 16.5. The van der Waals surface area contributed by atoms with E-state index in [0.29, 0.717) is 31.9 Å². The van der Waals surface area contributed by atoms with E-state index in [1.807, 2.05) is 34.1 Å². The van der Waals surface area contributed by atoms with Gasteiger partial charge in [0.25, 0.3) is 5.91 Å². The van der Waals surface area contributed by atoms with Crippen LogP contribution in [0, 0.1) is 0 Å². The number of hydrogen-bond donors (Lipinski definition) is 1. The van der Waals surface area contributed by atoms with E-state index in [1.54, 1.807) is 6.20 Å². The number of piperidine rings is 1. The summed E-state index contributed by atoms with van der Waals surface area (Å²) in [5.74, 6) is 0.0154. The standard InChI is InChI=1S/C18H21N5O2.2ClH/c24-17-11-19-7-9-23(17)13-4-3-8-22(12-13)18(25)16-10-20-14-5-1-2-6-15(14)21-16;;/h1-2,5-6,10,13,19H,3-4,7-9,11-12H2;2*1H. The number of benzene rings is 1. The van der Waals surface area contributed by atoms with Crippen molar-refractivity contribution in [1.29, 1.82) is 0 Å². The van der Waals surface area contributed by atoms with Crippen molar-refractivity contribution in [2.24, 2.45) is 0 Å². The molecule has 0 bridgehead atoms. The molecule has 146 valence electrons. The molecule has 2 fully saturated rings. The summed E-state index contributed by atoms with van der Waals surface area (Å²) in [7, 11) is 0. The van der Waals surface area contributed by atoms with Crippen LogP contribution < -0.4 is 5.32 Å². The van der Waals surface area contributed by atoms with Gasteiger partial charge in [0, 0.05) is 32.2 Å². The molecule has 1 aromatic carbocycles. The van der Waals surface area contributed by atoms with Gasteiger partial charge in [-0.2, -0.15) is 0 Å². The van der Waals surface area contributed by atoms with Crippen LogP contribution in [0.15, 0.2) is 30.5 Å². The van der Waals surface area contributed by atoms with E-state index in [0.717, 1.165) is 30.4 Å². The minimum Gasteiger partial charge on any atom is -0.336 e. The van der Waals surface area contributed by atoms with Crippen molar-refractivity contribution in [3.8, 4) is 0 Å². The first-order chi connectivity index (χ1) is 12.2. The lowest BCUT2D eigenvalue weighted by molar-refractivity contribution is -0.135. The molecule has 9 heteroatoms. The van der Waals surface area contributed by atoms with Gasteiger partial charge in [-0.25, -0.2) is 4.98 Å². The third kappa shape index (κ3) is 4.48. The van der Waals surface area contributed by atoms with E-state index < -0.39 is 0 Å². The summed E-state index contributed by atoms with van der Waals surface area (Å²) >= 11 is 0. The molecule has 2 aliphatic heterocycles. The molecule has 2 aromatic rings. The van der Waals surface area contributed by atoms with Gasteiger partial charge >= 0.3 is 0 Å². The Hall–Kier alpha value is -1.96. The highest BCUT2D eigenvalue weighted by molar-refractivity contribution is 5.94. The summed E-state index contributed by atoms with van der Waals surface area (Å²) in [6.45, 7) is 3.18. The normalized spacial score (nSPS) is 20.0. The quantitative estimate of drug-likeness (QED) is 0.809. The molecule has 3 heterocycles. The minimum absolute atomic E-state index is 0. The molecule has 2 saturated heterocycles. The summed E-state index contributed by atoms with van der Waals surface area (Å²) in [6.07, 6.45) is 3.39. The molecule has 0 spiro atoms. The van der Waals surface area contributed by atoms with Crippen LogP contribution in [0.2, 0.25) is 0 Å². The predicted molar refractivity (Wildman–Crippen MR) is 108 cm³/mol. The number of hydrogen-bond acceptors (Lipinski definition) is 5. The van der Waals surface area contributed by atoms with E-state index in [9.17, 15) is 9.59 Å². The number of piperazine rings is 1. The second kappa shape index (κ2) is 9.30. The first-order valence-corrected chi connectivity index (χ1v) is 8.73. The molecule has 1 atom stereocenters. The van der Waals surface area contributed by atoms with Crippen LogP contribution in [0.25, 0.3) is 11.0 Å². The zero-order valence-electron chi connectivity index (χ0n) is 14.8. The number of rotatable bonds is 2. The van der Waals surface area contributed by atoms with E-state index in [4.69, 9.17) is 0 Å². The topological polar surface area (TPSA) is 78.4 Å². The fourth-order valence-corrected chi connectivity index (χ4v) is 3.62. The molecule has 1 N–H and O–H groups in total. The highest BCUT2D eigenvalue weighted by Gasteiger charge is 2.32. The number of carbonyl (C=O) groups is 2. The molecule has 2 amide bonds. The summed E-state index contributed by atoms with van der Waals surface area (Å²) in [5, 5.41) is 3.09. The van der Waals surface area contributed by atoms with Crippen LogP contribution in [0.5, 0.6) is 0 Å². The molecular weight excluding hydrogens is 389 g/mol. The molecule has 27 heavy (non-hydrogen) atoms. The minimum atomic E-state index is -0.106. The van der Waals surface area contributed by atoms with Gasteiger partial charge in [-0.05, 0) is 25.0 Å². The lowest BCUT2D eigenvalue weighted by Gasteiger charge is -2.41. The van der Waals surface area contributed by atoms with Gasteiger partial charge in [0.05, 0.1) is 23.8 Å². The highest BCUT2D eigenvalue weighted by Crippen LogP contribution is 2.19. The third-order valence-corrected chi connectivity index (χ3v) is 4.92. The average Bonchev–Trinajstić information content (AvgIpc) is 2.67. The number of para-hydroxylation sites is 2. The second-order valence-corrected chi connectivity index (χ2v) is 6.56. The molecule has 0 saturated carbocycles. The van der Waals surface area contributed by atoms with Gasteiger partial charge in [-0.3, -0.25) is 14.6 Å². The lowest BCUT2D eigenvalue weighted by atomic mass is 10.0. The maximum atomic E-state index is 12.9. The van der Waals surface area contributed by atoms with Crippen LogP contribution in [0.3, 0.4) is 0 Å². The van der Waals surface area contributed by atoms with E-state index >= 15 is 0 Å². The van der Waals surface area contributed by atoms with Crippen LogP contribution in [-0.2, 0) is 4.79 Å². The second-order valence-electron chi connectivity index (χ2n) is 6.56. The van der Waals surface area contributed by atoms with Crippen molar-refractivity contribution in [3.63, 3.8) is 0 Å². The Labute approximate surface area is 170 Å². The Morgan fingerprint density at radius 3 is 2.70 bits per heavy atom. The summed E-state index contributed by atoms with van der Waals surface area (Å²) in [6, 6.07) is 7.62. The fourth-order valence-electron chi connectivity index (χ4n) is 3.62. The fraction of sp³-hybridized carbons (Fsp3) is 0.444. The van der Waals surface area contributed by atoms with Gasteiger partial charge in [-0.1, -0.05) is 12.1 Å². The van der Waals surface area contributed by atoms with E-state index in [-0.39, 0.29) is 42.7 Å². The van der Waals surface area contributed by atoms with Crippen molar-refractivity contribution in [2.75, 3.05) is 32.7 Å². The number of halogens is 2. The molecule has 7 nitrogen and oxygen atoms in total. The summed E-state index contributed by atoms with van der Waals surface area (Å²) in [5.41, 5.74) is 1.87. The lowest BCUT2D eigenvalue weighted by Crippen LogP contribution is -2.57. The van der Waals surface area contributed by atoms with Crippen molar-refractivity contribution >= 4 is 47.7 Å². The maximum Gasteiger partial charge on any atom is 0.274 e. The van der Waals surface area contributed by atoms with Crippen molar-refractivity contribution < 1.29 is 9.59 Å². The predicted octanol–water partition coefficient (Wildman–Crippen LogP) is 1.51. The van der Waals surface area contributed by atoms with Gasteiger partial charge in [0.2, 0.25) is 5.91 Å². The third-order valence-electron chi connectivity index (χ3n) is 4.92. The number of likely N-dealkylation sites (tertiary alicyclic amines) is 1. The number of nitrogens with zero attached hydrogens (tertiary/aromatic N) is 4. The first-order valence-electron chi connectivity index (χ1n) is 8.73. The average molecular weight is 412 g/mol. The Balaban J connectivity index is 0.00000131. The van der Waals surface area contributed by atoms with Gasteiger partial charge in [0.1, 0.15) is 5.69 Å². The van der Waals surface area contributed by atoms with Crippen molar-refractivity contribution in [1.82, 2.24) is 25.1 Å². The largest absolute Gasteiger partial charge is 0.336 e. The maximum absolute atomic E-state index is 12.9. The number of amides is 2. The SMILES string of the molecule is Cl.Cl.O=C(c1cnc2ccccc2n1)N1CCCC(N2CCNCC2=O)C1. The van der Waals surface area contributed by atoms with Gasteiger partial charge in [0.15, 0.2) is 0 Å². The van der Waals surface area contributed by atoms with Crippen molar-refractivity contribution in [3.05, 3.63) is 36.2 Å². The Morgan fingerprint density at radius 2 is 1.93 bits per heavy atom. The van der Waals surface area contributed by atoms with Gasteiger partial charge < -0.3 is 15.1 Å². The molecule has 0 radical (unpaired) electrons.